The van der Waals surface area contributed by atoms with Gasteiger partial charge in [0.1, 0.15) is 12.1 Å². The Morgan fingerprint density at radius 3 is 2.94 bits per heavy atom. The Morgan fingerprint density at radius 2 is 2.29 bits per heavy atom. The van der Waals surface area contributed by atoms with Gasteiger partial charge >= 0.3 is 0 Å². The van der Waals surface area contributed by atoms with E-state index in [-0.39, 0.29) is 0 Å². The van der Waals surface area contributed by atoms with Crippen LogP contribution >= 0.6 is 11.3 Å². The summed E-state index contributed by atoms with van der Waals surface area (Å²) >= 11 is 1.60. The van der Waals surface area contributed by atoms with Crippen molar-refractivity contribution < 1.29 is 4.84 Å². The second-order valence-electron chi connectivity index (χ2n) is 3.53. The molecule has 0 fully saturated rings. The zero-order valence-corrected chi connectivity index (χ0v) is 10.8. The van der Waals surface area contributed by atoms with Crippen LogP contribution in [0.5, 0.6) is 0 Å². The maximum atomic E-state index is 4.78. The molecule has 5 heteroatoms. The molecular weight excluding hydrogens is 234 g/mol. The number of aryl methyl sites for hydroxylation is 1. The lowest BCUT2D eigenvalue weighted by Gasteiger charge is -1.95. The summed E-state index contributed by atoms with van der Waals surface area (Å²) in [5, 5.41) is 4.89. The third kappa shape index (κ3) is 2.50. The van der Waals surface area contributed by atoms with E-state index in [1.807, 2.05) is 32.2 Å². The topological polar surface area (TPSA) is 47.4 Å². The second-order valence-corrected chi connectivity index (χ2v) is 4.53. The van der Waals surface area contributed by atoms with E-state index >= 15 is 0 Å². The van der Waals surface area contributed by atoms with Crippen LogP contribution < -0.4 is 0 Å². The molecule has 0 saturated heterocycles. The zero-order valence-electron chi connectivity index (χ0n) is 9.97. The van der Waals surface area contributed by atoms with Crippen molar-refractivity contribution in [3.8, 4) is 10.6 Å². The summed E-state index contributed by atoms with van der Waals surface area (Å²) in [4.78, 5) is 14.4. The molecule has 0 aromatic carbocycles. The molecule has 17 heavy (non-hydrogen) atoms. The fourth-order valence-corrected chi connectivity index (χ4v) is 2.52. The fourth-order valence-electron chi connectivity index (χ4n) is 1.52. The van der Waals surface area contributed by atoms with Crippen LogP contribution in [0.1, 0.15) is 17.5 Å². The molecule has 0 aliphatic carbocycles. The number of aromatic nitrogens is 2. The smallest absolute Gasteiger partial charge is 0.125 e. The van der Waals surface area contributed by atoms with Crippen molar-refractivity contribution in [2.45, 2.75) is 13.8 Å². The summed E-state index contributed by atoms with van der Waals surface area (Å²) in [5.41, 5.74) is 2.84. The van der Waals surface area contributed by atoms with Crippen LogP contribution in [0, 0.1) is 6.92 Å². The van der Waals surface area contributed by atoms with Crippen LogP contribution in [-0.2, 0) is 4.84 Å². The van der Waals surface area contributed by atoms with E-state index in [9.17, 15) is 0 Å². The van der Waals surface area contributed by atoms with Gasteiger partial charge in [-0.25, -0.2) is 4.98 Å². The lowest BCUT2D eigenvalue weighted by Crippen LogP contribution is -1.94. The number of thiazole rings is 1. The van der Waals surface area contributed by atoms with Gasteiger partial charge < -0.3 is 4.84 Å². The SMILES string of the molecule is CO/N=C(\C)c1sc(-c2cccnc2)nc1C. The van der Waals surface area contributed by atoms with E-state index in [2.05, 4.69) is 15.1 Å². The van der Waals surface area contributed by atoms with E-state index in [4.69, 9.17) is 4.84 Å². The van der Waals surface area contributed by atoms with Crippen molar-refractivity contribution in [2.24, 2.45) is 5.16 Å². The minimum atomic E-state index is 0.845. The summed E-state index contributed by atoms with van der Waals surface area (Å²) in [5.74, 6) is 0. The fraction of sp³-hybridized carbons (Fsp3) is 0.250. The number of hydrogen-bond donors (Lipinski definition) is 0. The van der Waals surface area contributed by atoms with Gasteiger partial charge in [0.25, 0.3) is 0 Å². The summed E-state index contributed by atoms with van der Waals surface area (Å²) in [7, 11) is 1.54. The number of pyridine rings is 1. The molecule has 0 N–H and O–H groups in total. The first kappa shape index (κ1) is 11.7. The van der Waals surface area contributed by atoms with Crippen LogP contribution in [0.2, 0.25) is 0 Å². The first-order valence-electron chi connectivity index (χ1n) is 5.18. The zero-order chi connectivity index (χ0) is 12.3. The van der Waals surface area contributed by atoms with Gasteiger partial charge in [0.2, 0.25) is 0 Å². The van der Waals surface area contributed by atoms with Crippen molar-refractivity contribution in [3.05, 3.63) is 35.1 Å². The van der Waals surface area contributed by atoms with Crippen LogP contribution in [0.15, 0.2) is 29.7 Å². The quantitative estimate of drug-likeness (QED) is 0.619. The average Bonchev–Trinajstić information content (AvgIpc) is 2.73. The van der Waals surface area contributed by atoms with Gasteiger partial charge in [-0.1, -0.05) is 5.16 Å². The largest absolute Gasteiger partial charge is 0.399 e. The molecule has 88 valence electrons. The Hall–Kier alpha value is -1.75. The average molecular weight is 247 g/mol. The first-order valence-corrected chi connectivity index (χ1v) is 6.00. The van der Waals surface area contributed by atoms with E-state index in [0.29, 0.717) is 0 Å². The van der Waals surface area contributed by atoms with Gasteiger partial charge in [-0.15, -0.1) is 11.3 Å². The van der Waals surface area contributed by atoms with Gasteiger partial charge in [-0.05, 0) is 26.0 Å². The Morgan fingerprint density at radius 1 is 1.47 bits per heavy atom. The molecule has 4 nitrogen and oxygen atoms in total. The molecule has 0 amide bonds. The van der Waals surface area contributed by atoms with Crippen molar-refractivity contribution in [2.75, 3.05) is 7.11 Å². The maximum Gasteiger partial charge on any atom is 0.125 e. The number of oxime groups is 1. The molecular formula is C12H13N3OS. The van der Waals surface area contributed by atoms with Crippen molar-refractivity contribution >= 4 is 17.0 Å². The van der Waals surface area contributed by atoms with E-state index < -0.39 is 0 Å². The summed E-state index contributed by atoms with van der Waals surface area (Å²) in [6.45, 7) is 3.89. The van der Waals surface area contributed by atoms with E-state index in [1.54, 1.807) is 24.6 Å². The molecule has 2 heterocycles. The molecule has 2 aromatic rings. The highest BCUT2D eigenvalue weighted by Crippen LogP contribution is 2.27. The van der Waals surface area contributed by atoms with Gasteiger partial charge in [0.15, 0.2) is 0 Å². The third-order valence-corrected chi connectivity index (χ3v) is 3.58. The van der Waals surface area contributed by atoms with Crippen molar-refractivity contribution in [1.82, 2.24) is 9.97 Å². The second kappa shape index (κ2) is 5.05. The normalized spacial score (nSPS) is 11.6. The minimum absolute atomic E-state index is 0.845. The highest BCUT2D eigenvalue weighted by Gasteiger charge is 2.11. The highest BCUT2D eigenvalue weighted by atomic mass is 32.1. The minimum Gasteiger partial charge on any atom is -0.399 e. The first-order chi connectivity index (χ1) is 8.22. The van der Waals surface area contributed by atoms with Gasteiger partial charge in [-0.2, -0.15) is 0 Å². The maximum absolute atomic E-state index is 4.78. The molecule has 0 radical (unpaired) electrons. The van der Waals surface area contributed by atoms with Gasteiger partial charge in [0.05, 0.1) is 16.3 Å². The van der Waals surface area contributed by atoms with Crippen molar-refractivity contribution in [3.63, 3.8) is 0 Å². The Balaban J connectivity index is 2.41. The molecule has 0 bridgehead atoms. The van der Waals surface area contributed by atoms with Gasteiger partial charge in [-0.3, -0.25) is 4.98 Å². The van der Waals surface area contributed by atoms with Crippen LogP contribution in [-0.4, -0.2) is 22.8 Å². The molecule has 0 atom stereocenters. The summed E-state index contributed by atoms with van der Waals surface area (Å²) < 4.78 is 0. The highest BCUT2D eigenvalue weighted by molar-refractivity contribution is 7.17. The molecule has 0 aliphatic rings. The standard InChI is InChI=1S/C12H13N3OS/c1-8-11(9(2)15-16-3)17-12(14-8)10-5-4-6-13-7-10/h4-7H,1-3H3/b15-9+. The predicted molar refractivity (Wildman–Crippen MR) is 69.3 cm³/mol. The molecule has 0 saturated carbocycles. The molecule has 0 unspecified atom stereocenters. The number of nitrogens with zero attached hydrogens (tertiary/aromatic N) is 3. The van der Waals surface area contributed by atoms with E-state index in [1.165, 1.54) is 0 Å². The lowest BCUT2D eigenvalue weighted by molar-refractivity contribution is 0.213. The van der Waals surface area contributed by atoms with Crippen LogP contribution in [0.4, 0.5) is 0 Å². The Bertz CT molecular complexity index is 534. The Labute approximate surface area is 104 Å². The van der Waals surface area contributed by atoms with Crippen LogP contribution in [0.25, 0.3) is 10.6 Å². The van der Waals surface area contributed by atoms with Crippen molar-refractivity contribution in [1.29, 1.82) is 0 Å². The summed E-state index contributed by atoms with van der Waals surface area (Å²) in [6, 6.07) is 3.90. The lowest BCUT2D eigenvalue weighted by atomic mass is 10.3. The summed E-state index contributed by atoms with van der Waals surface area (Å²) in [6.07, 6.45) is 3.56. The molecule has 0 aliphatic heterocycles. The molecule has 2 aromatic heterocycles. The number of hydrogen-bond acceptors (Lipinski definition) is 5. The monoisotopic (exact) mass is 247 g/mol. The Kier molecular flexibility index (Phi) is 3.49. The molecule has 2 rings (SSSR count). The number of rotatable bonds is 3. The van der Waals surface area contributed by atoms with Crippen LogP contribution in [0.3, 0.4) is 0 Å². The predicted octanol–water partition coefficient (Wildman–Crippen LogP) is 2.88. The van der Waals surface area contributed by atoms with Gasteiger partial charge in [0, 0.05) is 18.0 Å². The molecule has 0 spiro atoms. The third-order valence-electron chi connectivity index (χ3n) is 2.26. The van der Waals surface area contributed by atoms with E-state index in [0.717, 1.165) is 26.9 Å².